The lowest BCUT2D eigenvalue weighted by atomic mass is 10.1. The number of para-hydroxylation sites is 1. The van der Waals surface area contributed by atoms with Crippen molar-refractivity contribution >= 4 is 17.6 Å². The first-order chi connectivity index (χ1) is 13.2. The minimum absolute atomic E-state index is 0.0118. The Hall–Kier alpha value is -2.89. The van der Waals surface area contributed by atoms with Gasteiger partial charge >= 0.3 is 0 Å². The Kier molecular flexibility index (Phi) is 6.41. The Morgan fingerprint density at radius 1 is 1.19 bits per heavy atom. The fraction of sp³-hybridized carbons (Fsp3) is 0.333. The van der Waals surface area contributed by atoms with E-state index in [0.717, 1.165) is 17.7 Å². The van der Waals surface area contributed by atoms with Gasteiger partial charge in [-0.25, -0.2) is 9.38 Å². The molecule has 1 amide bonds. The van der Waals surface area contributed by atoms with E-state index in [1.165, 1.54) is 17.7 Å². The first kappa shape index (κ1) is 18.9. The number of aliphatic imine (C=N–C) groups is 1. The highest BCUT2D eigenvalue weighted by molar-refractivity contribution is 5.98. The molecular formula is C21H25FN4O. The summed E-state index contributed by atoms with van der Waals surface area (Å²) in [5, 5.41) is 6.34. The van der Waals surface area contributed by atoms with Crippen LogP contribution in [0.4, 0.5) is 10.1 Å². The van der Waals surface area contributed by atoms with E-state index in [1.807, 2.05) is 31.2 Å². The van der Waals surface area contributed by atoms with Crippen LogP contribution >= 0.6 is 0 Å². The van der Waals surface area contributed by atoms with E-state index in [9.17, 15) is 9.18 Å². The van der Waals surface area contributed by atoms with Crippen LogP contribution in [0.1, 0.15) is 18.1 Å². The summed E-state index contributed by atoms with van der Waals surface area (Å²) in [6.07, 6.45) is 1.56. The number of benzene rings is 2. The Bertz CT molecular complexity index is 821. The van der Waals surface area contributed by atoms with Crippen molar-refractivity contribution in [2.75, 3.05) is 31.1 Å². The van der Waals surface area contributed by atoms with E-state index in [4.69, 9.17) is 0 Å². The highest BCUT2D eigenvalue weighted by atomic mass is 19.1. The van der Waals surface area contributed by atoms with Crippen molar-refractivity contribution in [2.45, 2.75) is 19.8 Å². The molecule has 27 heavy (non-hydrogen) atoms. The van der Waals surface area contributed by atoms with Crippen molar-refractivity contribution in [1.29, 1.82) is 0 Å². The van der Waals surface area contributed by atoms with Crippen molar-refractivity contribution in [1.82, 2.24) is 10.6 Å². The van der Waals surface area contributed by atoms with Gasteiger partial charge in [0.2, 0.25) is 5.91 Å². The number of hydrogen-bond donors (Lipinski definition) is 2. The maximum Gasteiger partial charge on any atom is 0.248 e. The molecule has 0 fully saturated rings. The van der Waals surface area contributed by atoms with Gasteiger partial charge in [0.05, 0.1) is 0 Å². The SMILES string of the molecule is CCNC(=NCC(=O)N1CCc2ccccc21)NCCc1cccc(F)c1. The Balaban J connectivity index is 1.55. The number of halogens is 1. The van der Waals surface area contributed by atoms with Gasteiger partial charge in [-0.05, 0) is 49.1 Å². The van der Waals surface area contributed by atoms with Gasteiger partial charge in [0.1, 0.15) is 12.4 Å². The second-order valence-electron chi connectivity index (χ2n) is 6.43. The smallest absolute Gasteiger partial charge is 0.248 e. The van der Waals surface area contributed by atoms with Crippen molar-refractivity contribution < 1.29 is 9.18 Å². The van der Waals surface area contributed by atoms with Crippen molar-refractivity contribution in [2.24, 2.45) is 4.99 Å². The maximum absolute atomic E-state index is 13.2. The summed E-state index contributed by atoms with van der Waals surface area (Å²) in [6.45, 7) is 4.08. The van der Waals surface area contributed by atoms with Crippen LogP contribution in [0.3, 0.4) is 0 Å². The molecule has 0 unspecified atom stereocenters. The van der Waals surface area contributed by atoms with Gasteiger partial charge in [0, 0.05) is 25.3 Å². The zero-order chi connectivity index (χ0) is 19.1. The summed E-state index contributed by atoms with van der Waals surface area (Å²) in [5.74, 6) is 0.349. The van der Waals surface area contributed by atoms with Crippen LogP contribution in [0.25, 0.3) is 0 Å². The third-order valence-electron chi connectivity index (χ3n) is 4.50. The number of nitrogens with zero attached hydrogens (tertiary/aromatic N) is 2. The van der Waals surface area contributed by atoms with E-state index < -0.39 is 0 Å². The molecule has 2 aromatic carbocycles. The fourth-order valence-corrected chi connectivity index (χ4v) is 3.19. The van der Waals surface area contributed by atoms with Gasteiger partial charge < -0.3 is 15.5 Å². The number of amides is 1. The average Bonchev–Trinajstić information content (AvgIpc) is 3.10. The summed E-state index contributed by atoms with van der Waals surface area (Å²) in [5.41, 5.74) is 3.11. The van der Waals surface area contributed by atoms with E-state index >= 15 is 0 Å². The predicted octanol–water partition coefficient (Wildman–Crippen LogP) is 2.51. The molecule has 5 nitrogen and oxygen atoms in total. The van der Waals surface area contributed by atoms with Crippen LogP contribution in [-0.4, -0.2) is 38.0 Å². The molecule has 6 heteroatoms. The molecule has 0 radical (unpaired) electrons. The van der Waals surface area contributed by atoms with Crippen molar-refractivity contribution in [3.63, 3.8) is 0 Å². The quantitative estimate of drug-likeness (QED) is 0.609. The number of guanidine groups is 1. The number of carbonyl (C=O) groups is 1. The van der Waals surface area contributed by atoms with E-state index in [1.54, 1.807) is 11.0 Å². The zero-order valence-electron chi connectivity index (χ0n) is 15.5. The second-order valence-corrected chi connectivity index (χ2v) is 6.43. The molecule has 0 saturated carbocycles. The third-order valence-corrected chi connectivity index (χ3v) is 4.50. The fourth-order valence-electron chi connectivity index (χ4n) is 3.19. The third kappa shape index (κ3) is 5.06. The van der Waals surface area contributed by atoms with Gasteiger partial charge in [0.15, 0.2) is 5.96 Å². The van der Waals surface area contributed by atoms with Gasteiger partial charge in [-0.1, -0.05) is 30.3 Å². The molecule has 0 spiro atoms. The molecule has 1 aliphatic rings. The number of fused-ring (bicyclic) bond motifs is 1. The molecule has 0 saturated heterocycles. The monoisotopic (exact) mass is 368 g/mol. The molecule has 2 aromatic rings. The number of hydrogen-bond acceptors (Lipinski definition) is 2. The average molecular weight is 368 g/mol. The predicted molar refractivity (Wildman–Crippen MR) is 107 cm³/mol. The lowest BCUT2D eigenvalue weighted by molar-refractivity contribution is -0.117. The molecule has 1 aliphatic heterocycles. The first-order valence-corrected chi connectivity index (χ1v) is 9.32. The topological polar surface area (TPSA) is 56.7 Å². The molecule has 0 aliphatic carbocycles. The summed E-state index contributed by atoms with van der Waals surface area (Å²) in [7, 11) is 0. The summed E-state index contributed by atoms with van der Waals surface area (Å²) in [6, 6.07) is 14.5. The van der Waals surface area contributed by atoms with Crippen molar-refractivity contribution in [3.05, 3.63) is 65.5 Å². The number of nitrogens with one attached hydrogen (secondary N) is 2. The van der Waals surface area contributed by atoms with Crippen LogP contribution in [0, 0.1) is 5.82 Å². The molecule has 2 N–H and O–H groups in total. The highest BCUT2D eigenvalue weighted by Gasteiger charge is 2.23. The normalized spacial score (nSPS) is 13.4. The number of rotatable bonds is 6. The first-order valence-electron chi connectivity index (χ1n) is 9.32. The Morgan fingerprint density at radius 3 is 2.85 bits per heavy atom. The molecular weight excluding hydrogens is 343 g/mol. The summed E-state index contributed by atoms with van der Waals surface area (Å²) in [4.78, 5) is 18.8. The number of carbonyl (C=O) groups excluding carboxylic acids is 1. The molecule has 0 bridgehead atoms. The van der Waals surface area contributed by atoms with E-state index in [-0.39, 0.29) is 18.3 Å². The minimum atomic E-state index is -0.232. The minimum Gasteiger partial charge on any atom is -0.357 e. The number of anilines is 1. The van der Waals surface area contributed by atoms with Gasteiger partial charge in [-0.2, -0.15) is 0 Å². The van der Waals surface area contributed by atoms with E-state index in [0.29, 0.717) is 32.0 Å². The van der Waals surface area contributed by atoms with Crippen LogP contribution in [0.15, 0.2) is 53.5 Å². The summed E-state index contributed by atoms with van der Waals surface area (Å²) >= 11 is 0. The lowest BCUT2D eigenvalue weighted by Gasteiger charge is -2.17. The van der Waals surface area contributed by atoms with E-state index in [2.05, 4.69) is 21.7 Å². The highest BCUT2D eigenvalue weighted by Crippen LogP contribution is 2.27. The summed E-state index contributed by atoms with van der Waals surface area (Å²) < 4.78 is 13.2. The molecule has 1 heterocycles. The zero-order valence-corrected chi connectivity index (χ0v) is 15.5. The van der Waals surface area contributed by atoms with Crippen LogP contribution in [0.5, 0.6) is 0 Å². The molecule has 3 rings (SSSR count). The standard InChI is InChI=1S/C21H25FN4O/c1-2-23-21(24-12-10-16-6-5-8-18(22)14-16)25-15-20(27)26-13-11-17-7-3-4-9-19(17)26/h3-9,14H,2,10-13,15H2,1H3,(H2,23,24,25). The Morgan fingerprint density at radius 2 is 2.04 bits per heavy atom. The second kappa shape index (κ2) is 9.16. The van der Waals surface area contributed by atoms with Crippen LogP contribution in [-0.2, 0) is 17.6 Å². The van der Waals surface area contributed by atoms with Crippen molar-refractivity contribution in [3.8, 4) is 0 Å². The molecule has 0 atom stereocenters. The molecule has 0 aromatic heterocycles. The molecule has 142 valence electrons. The lowest BCUT2D eigenvalue weighted by Crippen LogP contribution is -2.39. The van der Waals surface area contributed by atoms with Crippen LogP contribution in [0.2, 0.25) is 0 Å². The van der Waals surface area contributed by atoms with Crippen LogP contribution < -0.4 is 15.5 Å². The maximum atomic E-state index is 13.2. The van der Waals surface area contributed by atoms with Gasteiger partial charge in [-0.3, -0.25) is 4.79 Å². The Labute approximate surface area is 159 Å². The largest absolute Gasteiger partial charge is 0.357 e. The van der Waals surface area contributed by atoms with Gasteiger partial charge in [0.25, 0.3) is 0 Å². The van der Waals surface area contributed by atoms with Gasteiger partial charge in [-0.15, -0.1) is 0 Å².